The number of benzene rings is 2. The summed E-state index contributed by atoms with van der Waals surface area (Å²) in [6.45, 7) is 4.21. The van der Waals surface area contributed by atoms with Gasteiger partial charge in [0.15, 0.2) is 0 Å². The van der Waals surface area contributed by atoms with Gasteiger partial charge >= 0.3 is 0 Å². The molecule has 0 spiro atoms. The van der Waals surface area contributed by atoms with E-state index in [-0.39, 0.29) is 11.9 Å². The molecule has 4 aromatic rings. The number of H-pyrrole nitrogens is 1. The van der Waals surface area contributed by atoms with Gasteiger partial charge in [0.1, 0.15) is 0 Å². The SMILES string of the molecule is O=C(Cc1cncc2ccccc12)N(c1ccc(-c2cnc[nH]2)cc1)C(CN1CCOCC1)C1CCC1. The molecule has 6 rings (SSSR count). The number of nitrogens with one attached hydrogen (secondary N) is 1. The second kappa shape index (κ2) is 10.8. The van der Waals surface area contributed by atoms with Crippen LogP contribution in [-0.4, -0.2) is 64.6 Å². The first-order chi connectivity index (χ1) is 18.3. The van der Waals surface area contributed by atoms with E-state index in [1.54, 1.807) is 6.33 Å². The summed E-state index contributed by atoms with van der Waals surface area (Å²) in [5.74, 6) is 0.627. The Bertz CT molecular complexity index is 1320. The molecule has 1 saturated carbocycles. The van der Waals surface area contributed by atoms with Gasteiger partial charge in [-0.2, -0.15) is 0 Å². The van der Waals surface area contributed by atoms with E-state index in [0.29, 0.717) is 12.3 Å². The number of hydrogen-bond donors (Lipinski definition) is 1. The molecule has 1 unspecified atom stereocenters. The molecule has 190 valence electrons. The Kier molecular flexibility index (Phi) is 6.97. The standard InChI is InChI=1S/C30H33N5O2/c36-30(16-25-18-31-17-24-4-1-2-7-27(24)25)35(26-10-8-22(9-11-26)28-19-32-21-33-28)29(23-5-3-6-23)20-34-12-14-37-15-13-34/h1-2,4,7-11,17-19,21,23,29H,3,5-6,12-16,20H2,(H,32,33). The lowest BCUT2D eigenvalue weighted by molar-refractivity contribution is -0.119. The van der Waals surface area contributed by atoms with Gasteiger partial charge in [-0.1, -0.05) is 42.8 Å². The third-order valence-electron chi connectivity index (χ3n) is 7.89. The number of amides is 1. The Balaban J connectivity index is 1.35. The van der Waals surface area contributed by atoms with Crippen LogP contribution in [0.5, 0.6) is 0 Å². The van der Waals surface area contributed by atoms with Crippen LogP contribution in [0.2, 0.25) is 0 Å². The average molecular weight is 496 g/mol. The fraction of sp³-hybridized carbons (Fsp3) is 0.367. The summed E-state index contributed by atoms with van der Waals surface area (Å²) in [4.78, 5) is 30.6. The van der Waals surface area contributed by atoms with E-state index in [1.807, 2.05) is 30.7 Å². The van der Waals surface area contributed by atoms with Crippen molar-refractivity contribution in [1.82, 2.24) is 19.9 Å². The number of nitrogens with zero attached hydrogens (tertiary/aromatic N) is 4. The minimum absolute atomic E-state index is 0.123. The molecule has 2 aromatic heterocycles. The lowest BCUT2D eigenvalue weighted by Crippen LogP contribution is -2.54. The maximum Gasteiger partial charge on any atom is 0.231 e. The van der Waals surface area contributed by atoms with Crippen LogP contribution in [0.15, 0.2) is 73.4 Å². The van der Waals surface area contributed by atoms with Crippen molar-refractivity contribution in [3.05, 3.63) is 79.0 Å². The predicted octanol–water partition coefficient (Wildman–Crippen LogP) is 4.70. The Morgan fingerprint density at radius 3 is 2.57 bits per heavy atom. The number of hydrogen-bond acceptors (Lipinski definition) is 5. The average Bonchev–Trinajstić information content (AvgIpc) is 3.44. The van der Waals surface area contributed by atoms with Crippen molar-refractivity contribution in [2.45, 2.75) is 31.7 Å². The highest BCUT2D eigenvalue weighted by atomic mass is 16.5. The van der Waals surface area contributed by atoms with Crippen LogP contribution in [0.1, 0.15) is 24.8 Å². The zero-order valence-corrected chi connectivity index (χ0v) is 21.1. The monoisotopic (exact) mass is 495 g/mol. The first-order valence-corrected chi connectivity index (χ1v) is 13.3. The number of carbonyl (C=O) groups excluding carboxylic acids is 1. The maximum absolute atomic E-state index is 14.2. The summed E-state index contributed by atoms with van der Waals surface area (Å²) >= 11 is 0. The van der Waals surface area contributed by atoms with E-state index in [0.717, 1.165) is 66.1 Å². The second-order valence-electron chi connectivity index (χ2n) is 10.1. The topological polar surface area (TPSA) is 74.4 Å². The first kappa shape index (κ1) is 23.8. The Morgan fingerprint density at radius 1 is 1.03 bits per heavy atom. The van der Waals surface area contributed by atoms with Gasteiger partial charge in [-0.3, -0.25) is 14.7 Å². The zero-order chi connectivity index (χ0) is 25.0. The number of fused-ring (bicyclic) bond motifs is 1. The number of rotatable bonds is 8. The third-order valence-corrected chi connectivity index (χ3v) is 7.89. The molecule has 7 nitrogen and oxygen atoms in total. The van der Waals surface area contributed by atoms with Gasteiger partial charge in [0.05, 0.1) is 43.9 Å². The molecular weight excluding hydrogens is 462 g/mol. The van der Waals surface area contributed by atoms with Crippen LogP contribution >= 0.6 is 0 Å². The fourth-order valence-electron chi connectivity index (χ4n) is 5.62. The van der Waals surface area contributed by atoms with Gasteiger partial charge in [0, 0.05) is 43.1 Å². The van der Waals surface area contributed by atoms with Crippen LogP contribution in [0.3, 0.4) is 0 Å². The van der Waals surface area contributed by atoms with Gasteiger partial charge < -0.3 is 14.6 Å². The predicted molar refractivity (Wildman–Crippen MR) is 145 cm³/mol. The second-order valence-corrected chi connectivity index (χ2v) is 10.1. The number of aromatic amines is 1. The molecule has 0 bridgehead atoms. The summed E-state index contributed by atoms with van der Waals surface area (Å²) in [5, 5.41) is 2.15. The summed E-state index contributed by atoms with van der Waals surface area (Å²) in [6.07, 6.45) is 11.1. The van der Waals surface area contributed by atoms with Gasteiger partial charge in [-0.15, -0.1) is 0 Å². The molecule has 1 atom stereocenters. The molecule has 7 heteroatoms. The number of aromatic nitrogens is 3. The molecule has 3 heterocycles. The summed E-state index contributed by atoms with van der Waals surface area (Å²) < 4.78 is 5.61. The minimum atomic E-state index is 0.123. The number of pyridine rings is 1. The maximum atomic E-state index is 14.2. The fourth-order valence-corrected chi connectivity index (χ4v) is 5.62. The third kappa shape index (κ3) is 5.15. The van der Waals surface area contributed by atoms with Gasteiger partial charge in [-0.25, -0.2) is 4.98 Å². The van der Waals surface area contributed by atoms with Crippen molar-refractivity contribution in [1.29, 1.82) is 0 Å². The van der Waals surface area contributed by atoms with Gasteiger partial charge in [0.25, 0.3) is 0 Å². The first-order valence-electron chi connectivity index (χ1n) is 13.3. The van der Waals surface area contributed by atoms with Crippen molar-refractivity contribution in [3.8, 4) is 11.3 Å². The normalized spacial score (nSPS) is 17.4. The van der Waals surface area contributed by atoms with E-state index in [2.05, 4.69) is 61.1 Å². The largest absolute Gasteiger partial charge is 0.379 e. The van der Waals surface area contributed by atoms with Crippen molar-refractivity contribution in [2.24, 2.45) is 5.92 Å². The molecule has 2 aliphatic rings. The van der Waals surface area contributed by atoms with E-state index < -0.39 is 0 Å². The van der Waals surface area contributed by atoms with Crippen molar-refractivity contribution in [3.63, 3.8) is 0 Å². The van der Waals surface area contributed by atoms with Gasteiger partial charge in [0.2, 0.25) is 5.91 Å². The molecule has 1 aliphatic heterocycles. The lowest BCUT2D eigenvalue weighted by Gasteiger charge is -2.44. The quantitative estimate of drug-likeness (QED) is 0.384. The van der Waals surface area contributed by atoms with E-state index in [4.69, 9.17) is 4.74 Å². The molecule has 2 aromatic carbocycles. The summed E-state index contributed by atoms with van der Waals surface area (Å²) in [7, 11) is 0. The molecule has 1 N–H and O–H groups in total. The molecular formula is C30H33N5O2. The minimum Gasteiger partial charge on any atom is -0.379 e. The Hall–Kier alpha value is -3.55. The van der Waals surface area contributed by atoms with Crippen molar-refractivity contribution in [2.75, 3.05) is 37.7 Å². The van der Waals surface area contributed by atoms with E-state index in [1.165, 1.54) is 19.3 Å². The molecule has 1 saturated heterocycles. The van der Waals surface area contributed by atoms with E-state index >= 15 is 0 Å². The van der Waals surface area contributed by atoms with Crippen LogP contribution < -0.4 is 4.90 Å². The van der Waals surface area contributed by atoms with E-state index in [9.17, 15) is 4.79 Å². The molecule has 37 heavy (non-hydrogen) atoms. The highest BCUT2D eigenvalue weighted by Gasteiger charge is 2.36. The highest BCUT2D eigenvalue weighted by molar-refractivity contribution is 5.98. The lowest BCUT2D eigenvalue weighted by atomic mass is 9.78. The van der Waals surface area contributed by atoms with Crippen molar-refractivity contribution >= 4 is 22.4 Å². The van der Waals surface area contributed by atoms with Crippen molar-refractivity contribution < 1.29 is 9.53 Å². The zero-order valence-electron chi connectivity index (χ0n) is 21.1. The van der Waals surface area contributed by atoms with Crippen LogP contribution in [0, 0.1) is 5.92 Å². The van der Waals surface area contributed by atoms with Gasteiger partial charge in [-0.05, 0) is 47.4 Å². The molecule has 0 radical (unpaired) electrons. The number of ether oxygens (including phenoxy) is 1. The summed E-state index contributed by atoms with van der Waals surface area (Å²) in [5.41, 5.74) is 3.95. The number of imidazole rings is 1. The molecule has 2 fully saturated rings. The van der Waals surface area contributed by atoms with Crippen LogP contribution in [-0.2, 0) is 16.0 Å². The Morgan fingerprint density at radius 2 is 1.84 bits per heavy atom. The highest BCUT2D eigenvalue weighted by Crippen LogP contribution is 2.36. The number of morpholine rings is 1. The summed E-state index contributed by atoms with van der Waals surface area (Å²) in [6, 6.07) is 16.6. The number of carbonyl (C=O) groups is 1. The Labute approximate surface area is 217 Å². The molecule has 1 amide bonds. The smallest absolute Gasteiger partial charge is 0.231 e. The number of anilines is 1. The van der Waals surface area contributed by atoms with Crippen LogP contribution in [0.4, 0.5) is 5.69 Å². The molecule has 1 aliphatic carbocycles. The van der Waals surface area contributed by atoms with Crippen LogP contribution in [0.25, 0.3) is 22.0 Å².